The first-order valence-electron chi connectivity index (χ1n) is 13.7. The van der Waals surface area contributed by atoms with Gasteiger partial charge in [0.05, 0.1) is 0 Å². The summed E-state index contributed by atoms with van der Waals surface area (Å²) in [5.41, 5.74) is 0.0282. The molecule has 12 nitrogen and oxygen atoms in total. The lowest BCUT2D eigenvalue weighted by molar-refractivity contribution is -0.141. The van der Waals surface area contributed by atoms with Crippen molar-refractivity contribution in [1.29, 1.82) is 0 Å². The zero-order valence-electron chi connectivity index (χ0n) is 23.9. The average Bonchev–Trinajstić information content (AvgIpc) is 3.39. The van der Waals surface area contributed by atoms with Gasteiger partial charge in [-0.3, -0.25) is 24.1 Å². The van der Waals surface area contributed by atoms with Gasteiger partial charge in [-0.1, -0.05) is 12.1 Å². The number of hydrogen-bond acceptors (Lipinski definition) is 7. The fourth-order valence-corrected chi connectivity index (χ4v) is 4.78. The van der Waals surface area contributed by atoms with Crippen molar-refractivity contribution in [2.45, 2.75) is 77.6 Å². The normalized spacial score (nSPS) is 19.0. The number of aromatic hydroxyl groups is 1. The van der Waals surface area contributed by atoms with E-state index < -0.39 is 41.6 Å². The Labute approximate surface area is 235 Å². The Hall–Kier alpha value is -3.83. The Kier molecular flexibility index (Phi) is 9.99. The van der Waals surface area contributed by atoms with Crippen molar-refractivity contribution < 1.29 is 33.8 Å². The molecule has 3 rings (SSSR count). The average molecular weight is 560 g/mol. The van der Waals surface area contributed by atoms with E-state index in [1.165, 1.54) is 30.9 Å². The summed E-state index contributed by atoms with van der Waals surface area (Å²) in [6.45, 7) is 10.1. The van der Waals surface area contributed by atoms with Crippen LogP contribution in [0.1, 0.15) is 53.0 Å². The van der Waals surface area contributed by atoms with E-state index in [0.717, 1.165) is 5.56 Å². The molecule has 0 spiro atoms. The van der Waals surface area contributed by atoms with E-state index in [2.05, 4.69) is 10.6 Å². The Balaban J connectivity index is 1.66. The zero-order valence-corrected chi connectivity index (χ0v) is 23.9. The molecule has 2 fully saturated rings. The SMILES string of the molecule is CC(=O)N1CCN(C(=O)C(Cc2ccc(O)cc2)NC(=O)C(C)NC(=O)C2CCCN2C(=O)OC(C)(C)C)CC1. The Morgan fingerprint density at radius 1 is 0.975 bits per heavy atom. The molecule has 2 aliphatic heterocycles. The van der Waals surface area contributed by atoms with Crippen LogP contribution in [-0.4, -0.2) is 106 Å². The number of phenols is 1. The van der Waals surface area contributed by atoms with Crippen molar-refractivity contribution in [3.8, 4) is 5.75 Å². The van der Waals surface area contributed by atoms with Gasteiger partial charge in [0.15, 0.2) is 0 Å². The molecule has 0 radical (unpaired) electrons. The third-order valence-corrected chi connectivity index (χ3v) is 6.96. The summed E-state index contributed by atoms with van der Waals surface area (Å²) in [4.78, 5) is 68.6. The number of phenolic OH excluding ortho intramolecular Hbond substituents is 1. The maximum absolute atomic E-state index is 13.5. The molecule has 40 heavy (non-hydrogen) atoms. The van der Waals surface area contributed by atoms with E-state index in [-0.39, 0.29) is 24.0 Å². The van der Waals surface area contributed by atoms with Crippen molar-refractivity contribution in [2.75, 3.05) is 32.7 Å². The molecule has 0 aliphatic carbocycles. The van der Waals surface area contributed by atoms with Crippen molar-refractivity contribution in [1.82, 2.24) is 25.3 Å². The van der Waals surface area contributed by atoms with E-state index in [4.69, 9.17) is 4.74 Å². The highest BCUT2D eigenvalue weighted by Crippen LogP contribution is 2.21. The lowest BCUT2D eigenvalue weighted by atomic mass is 10.0. The lowest BCUT2D eigenvalue weighted by Gasteiger charge is -2.36. The molecule has 1 aromatic rings. The minimum absolute atomic E-state index is 0.0573. The van der Waals surface area contributed by atoms with Crippen LogP contribution in [0.2, 0.25) is 0 Å². The molecule has 2 saturated heterocycles. The summed E-state index contributed by atoms with van der Waals surface area (Å²) in [5, 5.41) is 15.1. The predicted molar refractivity (Wildman–Crippen MR) is 146 cm³/mol. The van der Waals surface area contributed by atoms with E-state index in [0.29, 0.717) is 45.6 Å². The van der Waals surface area contributed by atoms with Crippen molar-refractivity contribution in [3.63, 3.8) is 0 Å². The summed E-state index contributed by atoms with van der Waals surface area (Å²) in [7, 11) is 0. The summed E-state index contributed by atoms with van der Waals surface area (Å²) < 4.78 is 5.42. The molecule has 5 amide bonds. The number of nitrogens with one attached hydrogen (secondary N) is 2. The van der Waals surface area contributed by atoms with Crippen LogP contribution in [0.25, 0.3) is 0 Å². The van der Waals surface area contributed by atoms with Gasteiger partial charge in [-0.25, -0.2) is 4.79 Å². The molecule has 2 aliphatic rings. The van der Waals surface area contributed by atoms with E-state index in [1.807, 2.05) is 0 Å². The first kappa shape index (κ1) is 30.7. The third-order valence-electron chi connectivity index (χ3n) is 6.96. The van der Waals surface area contributed by atoms with Gasteiger partial charge < -0.3 is 30.3 Å². The van der Waals surface area contributed by atoms with Crippen LogP contribution in [0.3, 0.4) is 0 Å². The van der Waals surface area contributed by atoms with Gasteiger partial charge in [0.25, 0.3) is 0 Å². The number of carbonyl (C=O) groups is 5. The van der Waals surface area contributed by atoms with E-state index in [9.17, 15) is 29.1 Å². The smallest absolute Gasteiger partial charge is 0.410 e. The number of benzene rings is 1. The predicted octanol–water partition coefficient (Wildman–Crippen LogP) is 1.01. The standard InChI is InChI=1S/C28H41N5O7/c1-18(29-25(37)23-7-6-12-33(23)27(39)40-28(3,4)5)24(36)30-22(17-20-8-10-21(35)11-9-20)26(38)32-15-13-31(14-16-32)19(2)34/h8-11,18,22-23,35H,6-7,12-17H2,1-5H3,(H,29,37)(H,30,36). The number of carbonyl (C=O) groups excluding carboxylic acids is 5. The maximum Gasteiger partial charge on any atom is 0.410 e. The van der Waals surface area contributed by atoms with Crippen LogP contribution >= 0.6 is 0 Å². The summed E-state index contributed by atoms with van der Waals surface area (Å²) in [6, 6.07) is 3.70. The second-order valence-corrected chi connectivity index (χ2v) is 11.3. The third kappa shape index (κ3) is 8.33. The number of rotatable bonds is 7. The Bertz CT molecular complexity index is 1090. The molecule has 3 atom stereocenters. The van der Waals surface area contributed by atoms with Gasteiger partial charge in [-0.15, -0.1) is 0 Å². The number of ether oxygens (including phenoxy) is 1. The minimum atomic E-state index is -0.974. The molecule has 0 saturated carbocycles. The Morgan fingerprint density at radius 3 is 2.15 bits per heavy atom. The van der Waals surface area contributed by atoms with Gasteiger partial charge in [0, 0.05) is 46.1 Å². The molecular formula is C28H41N5O7. The molecular weight excluding hydrogens is 518 g/mol. The van der Waals surface area contributed by atoms with E-state index >= 15 is 0 Å². The van der Waals surface area contributed by atoms with Gasteiger partial charge in [-0.2, -0.15) is 0 Å². The molecule has 220 valence electrons. The number of amides is 5. The Morgan fingerprint density at radius 2 is 1.57 bits per heavy atom. The topological polar surface area (TPSA) is 149 Å². The molecule has 2 heterocycles. The molecule has 0 bridgehead atoms. The summed E-state index contributed by atoms with van der Waals surface area (Å²) in [5.74, 6) is -1.28. The van der Waals surface area contributed by atoms with Crippen LogP contribution in [0, 0.1) is 0 Å². The second-order valence-electron chi connectivity index (χ2n) is 11.3. The highest BCUT2D eigenvalue weighted by atomic mass is 16.6. The number of piperazine rings is 1. The number of hydrogen-bond donors (Lipinski definition) is 3. The quantitative estimate of drug-likeness (QED) is 0.452. The number of likely N-dealkylation sites (tertiary alicyclic amines) is 1. The first-order chi connectivity index (χ1) is 18.7. The molecule has 12 heteroatoms. The van der Waals surface area contributed by atoms with Crippen LogP contribution in [0.5, 0.6) is 5.75 Å². The fraction of sp³-hybridized carbons (Fsp3) is 0.607. The van der Waals surface area contributed by atoms with Crippen molar-refractivity contribution >= 4 is 29.7 Å². The van der Waals surface area contributed by atoms with Gasteiger partial charge in [0.1, 0.15) is 29.5 Å². The summed E-state index contributed by atoms with van der Waals surface area (Å²) in [6.07, 6.45) is 0.686. The maximum atomic E-state index is 13.5. The van der Waals surface area contributed by atoms with Crippen LogP contribution < -0.4 is 10.6 Å². The lowest BCUT2D eigenvalue weighted by Crippen LogP contribution is -2.58. The largest absolute Gasteiger partial charge is 0.508 e. The van der Waals surface area contributed by atoms with Crippen molar-refractivity contribution in [2.24, 2.45) is 0 Å². The minimum Gasteiger partial charge on any atom is -0.508 e. The highest BCUT2D eigenvalue weighted by molar-refractivity contribution is 5.94. The fourth-order valence-electron chi connectivity index (χ4n) is 4.78. The zero-order chi connectivity index (χ0) is 29.6. The van der Waals surface area contributed by atoms with Crippen LogP contribution in [0.15, 0.2) is 24.3 Å². The molecule has 3 N–H and O–H groups in total. The van der Waals surface area contributed by atoms with E-state index in [1.54, 1.807) is 42.7 Å². The monoisotopic (exact) mass is 559 g/mol. The van der Waals surface area contributed by atoms with Crippen LogP contribution in [0.4, 0.5) is 4.79 Å². The van der Waals surface area contributed by atoms with Crippen LogP contribution in [-0.2, 0) is 30.3 Å². The first-order valence-corrected chi connectivity index (χ1v) is 13.7. The van der Waals surface area contributed by atoms with Gasteiger partial charge in [-0.05, 0) is 58.2 Å². The van der Waals surface area contributed by atoms with Crippen molar-refractivity contribution in [3.05, 3.63) is 29.8 Å². The highest BCUT2D eigenvalue weighted by Gasteiger charge is 2.38. The molecule has 0 aromatic heterocycles. The second kappa shape index (κ2) is 13.0. The van der Waals surface area contributed by atoms with Gasteiger partial charge >= 0.3 is 6.09 Å². The molecule has 3 unspecified atom stereocenters. The van der Waals surface area contributed by atoms with Gasteiger partial charge in [0.2, 0.25) is 23.6 Å². The summed E-state index contributed by atoms with van der Waals surface area (Å²) >= 11 is 0. The number of nitrogens with zero attached hydrogens (tertiary/aromatic N) is 3. The molecule has 1 aromatic carbocycles.